The summed E-state index contributed by atoms with van der Waals surface area (Å²) in [5.74, 6) is 2.64. The fraction of sp³-hybridized carbons (Fsp3) is 0.417. The van der Waals surface area contributed by atoms with E-state index in [-0.39, 0.29) is 5.56 Å². The first-order valence-corrected chi connectivity index (χ1v) is 7.07. The molecule has 1 N–H and O–H groups in total. The Morgan fingerprint density at radius 1 is 1.33 bits per heavy atom. The fourth-order valence-electron chi connectivity index (χ4n) is 2.27. The summed E-state index contributed by atoms with van der Waals surface area (Å²) >= 11 is 1.96. The van der Waals surface area contributed by atoms with Gasteiger partial charge in [0, 0.05) is 12.1 Å². The van der Waals surface area contributed by atoms with Crippen LogP contribution in [0.3, 0.4) is 0 Å². The van der Waals surface area contributed by atoms with Crippen LogP contribution in [-0.2, 0) is 0 Å². The van der Waals surface area contributed by atoms with Gasteiger partial charge in [-0.15, -0.1) is 10.2 Å². The normalized spacial score (nSPS) is 17.1. The van der Waals surface area contributed by atoms with Crippen LogP contribution in [-0.4, -0.2) is 37.2 Å². The molecule has 0 aromatic carbocycles. The number of carboxylic acids is 1. The molecule has 0 radical (unpaired) electrons. The first kappa shape index (κ1) is 11.5. The van der Waals surface area contributed by atoms with Crippen molar-refractivity contribution in [2.24, 2.45) is 0 Å². The third-order valence-corrected chi connectivity index (χ3v) is 4.31. The van der Waals surface area contributed by atoms with Crippen LogP contribution in [0.15, 0.2) is 18.3 Å². The maximum absolute atomic E-state index is 11.0. The molecular formula is C12H13N3O2S. The summed E-state index contributed by atoms with van der Waals surface area (Å²) in [7, 11) is 0. The zero-order valence-electron chi connectivity index (χ0n) is 9.74. The van der Waals surface area contributed by atoms with Crippen molar-refractivity contribution in [1.29, 1.82) is 0 Å². The lowest BCUT2D eigenvalue weighted by Crippen LogP contribution is -2.12. The summed E-state index contributed by atoms with van der Waals surface area (Å²) in [6.45, 7) is 0. The van der Waals surface area contributed by atoms with Gasteiger partial charge in [-0.3, -0.25) is 4.40 Å². The molecule has 1 fully saturated rings. The molecular weight excluding hydrogens is 250 g/mol. The zero-order valence-corrected chi connectivity index (χ0v) is 10.6. The smallest absolute Gasteiger partial charge is 0.337 e. The second-order valence-electron chi connectivity index (χ2n) is 4.40. The third-order valence-electron chi connectivity index (χ3n) is 3.26. The molecule has 18 heavy (non-hydrogen) atoms. The second kappa shape index (κ2) is 4.61. The lowest BCUT2D eigenvalue weighted by molar-refractivity contribution is 0.0696. The summed E-state index contributed by atoms with van der Waals surface area (Å²) in [5.41, 5.74) is 0.988. The predicted molar refractivity (Wildman–Crippen MR) is 69.2 cm³/mol. The lowest BCUT2D eigenvalue weighted by atomic mass is 10.0. The monoisotopic (exact) mass is 263 g/mol. The Bertz CT molecular complexity index is 590. The van der Waals surface area contributed by atoms with E-state index in [2.05, 4.69) is 10.2 Å². The number of carboxylic acid groups (broad SMARTS) is 1. The molecule has 6 heteroatoms. The molecule has 1 aliphatic heterocycles. The molecule has 3 rings (SSSR count). The number of hydrogen-bond donors (Lipinski definition) is 1. The molecule has 0 bridgehead atoms. The quantitative estimate of drug-likeness (QED) is 0.898. The Hall–Kier alpha value is -1.56. The molecule has 3 heterocycles. The fourth-order valence-corrected chi connectivity index (χ4v) is 3.38. The van der Waals surface area contributed by atoms with Crippen molar-refractivity contribution in [3.05, 3.63) is 29.7 Å². The summed E-state index contributed by atoms with van der Waals surface area (Å²) in [5, 5.41) is 17.4. The Kier molecular flexibility index (Phi) is 2.95. The zero-order chi connectivity index (χ0) is 12.5. The van der Waals surface area contributed by atoms with Gasteiger partial charge in [-0.05, 0) is 36.5 Å². The molecule has 0 aliphatic carbocycles. The Morgan fingerprint density at radius 2 is 2.11 bits per heavy atom. The van der Waals surface area contributed by atoms with Gasteiger partial charge >= 0.3 is 5.97 Å². The van der Waals surface area contributed by atoms with Gasteiger partial charge in [0.25, 0.3) is 0 Å². The molecule has 94 valence electrons. The Labute approximate surface area is 108 Å². The van der Waals surface area contributed by atoms with Crippen molar-refractivity contribution >= 4 is 23.4 Å². The van der Waals surface area contributed by atoms with E-state index in [1.54, 1.807) is 18.3 Å². The predicted octanol–water partition coefficient (Wildman–Crippen LogP) is 2.04. The van der Waals surface area contributed by atoms with Crippen LogP contribution >= 0.6 is 11.8 Å². The maximum atomic E-state index is 11.0. The van der Waals surface area contributed by atoms with Crippen LogP contribution in [0.5, 0.6) is 0 Å². The van der Waals surface area contributed by atoms with Gasteiger partial charge in [0.2, 0.25) is 0 Å². The molecule has 0 atom stereocenters. The van der Waals surface area contributed by atoms with Crippen LogP contribution in [0.4, 0.5) is 0 Å². The van der Waals surface area contributed by atoms with E-state index >= 15 is 0 Å². The molecule has 0 amide bonds. The van der Waals surface area contributed by atoms with Gasteiger partial charge in [-0.25, -0.2) is 4.79 Å². The van der Waals surface area contributed by atoms with Gasteiger partial charge in [0.05, 0.1) is 5.56 Å². The minimum Gasteiger partial charge on any atom is -0.478 e. The Morgan fingerprint density at radius 3 is 2.83 bits per heavy atom. The third kappa shape index (κ3) is 1.96. The molecule has 1 aliphatic rings. The standard InChI is InChI=1S/C12H13N3O2S/c16-12(17)9-1-2-10-13-14-11(15(10)7-9)8-3-5-18-6-4-8/h1-2,7-8H,3-6H2,(H,16,17). The average Bonchev–Trinajstić information content (AvgIpc) is 2.82. The molecule has 5 nitrogen and oxygen atoms in total. The number of pyridine rings is 1. The molecule has 1 saturated heterocycles. The van der Waals surface area contributed by atoms with Crippen LogP contribution in [0.25, 0.3) is 5.65 Å². The number of fused-ring (bicyclic) bond motifs is 1. The average molecular weight is 263 g/mol. The highest BCUT2D eigenvalue weighted by Gasteiger charge is 2.21. The van der Waals surface area contributed by atoms with Gasteiger partial charge < -0.3 is 5.11 Å². The van der Waals surface area contributed by atoms with Crippen molar-refractivity contribution in [2.45, 2.75) is 18.8 Å². The lowest BCUT2D eigenvalue weighted by Gasteiger charge is -2.19. The number of aromatic nitrogens is 3. The topological polar surface area (TPSA) is 67.5 Å². The highest BCUT2D eigenvalue weighted by Crippen LogP contribution is 2.30. The summed E-state index contributed by atoms with van der Waals surface area (Å²) in [6.07, 6.45) is 3.79. The van der Waals surface area contributed by atoms with E-state index in [4.69, 9.17) is 5.11 Å². The van der Waals surface area contributed by atoms with Gasteiger partial charge in [0.1, 0.15) is 5.82 Å². The van der Waals surface area contributed by atoms with Crippen LogP contribution in [0.1, 0.15) is 34.9 Å². The number of rotatable bonds is 2. The molecule has 2 aromatic rings. The summed E-state index contributed by atoms with van der Waals surface area (Å²) < 4.78 is 1.82. The highest BCUT2D eigenvalue weighted by atomic mass is 32.2. The Balaban J connectivity index is 2.05. The number of hydrogen-bond acceptors (Lipinski definition) is 4. The van der Waals surface area contributed by atoms with E-state index in [0.29, 0.717) is 11.6 Å². The van der Waals surface area contributed by atoms with E-state index in [1.807, 2.05) is 16.2 Å². The van der Waals surface area contributed by atoms with Gasteiger partial charge in [-0.2, -0.15) is 11.8 Å². The minimum absolute atomic E-state index is 0.272. The van der Waals surface area contributed by atoms with Crippen molar-refractivity contribution in [3.63, 3.8) is 0 Å². The van der Waals surface area contributed by atoms with Crippen LogP contribution in [0, 0.1) is 0 Å². The number of nitrogens with zero attached hydrogens (tertiary/aromatic N) is 3. The number of thioether (sulfide) groups is 1. The minimum atomic E-state index is -0.921. The van der Waals surface area contributed by atoms with Crippen molar-refractivity contribution < 1.29 is 9.90 Å². The first-order chi connectivity index (χ1) is 8.75. The van der Waals surface area contributed by atoms with Crippen LogP contribution in [0.2, 0.25) is 0 Å². The van der Waals surface area contributed by atoms with Gasteiger partial charge in [0.15, 0.2) is 5.65 Å². The first-order valence-electron chi connectivity index (χ1n) is 5.91. The van der Waals surface area contributed by atoms with E-state index in [0.717, 1.165) is 30.2 Å². The molecule has 0 unspecified atom stereocenters. The van der Waals surface area contributed by atoms with E-state index in [1.165, 1.54) is 0 Å². The maximum Gasteiger partial charge on any atom is 0.337 e. The summed E-state index contributed by atoms with van der Waals surface area (Å²) in [4.78, 5) is 11.0. The number of carbonyl (C=O) groups is 1. The van der Waals surface area contributed by atoms with E-state index in [9.17, 15) is 4.79 Å². The largest absolute Gasteiger partial charge is 0.478 e. The van der Waals surface area contributed by atoms with Crippen LogP contribution < -0.4 is 0 Å². The van der Waals surface area contributed by atoms with E-state index < -0.39 is 5.97 Å². The SMILES string of the molecule is O=C(O)c1ccc2nnc(C3CCSCC3)n2c1. The molecule has 0 spiro atoms. The van der Waals surface area contributed by atoms with Crippen molar-refractivity contribution in [3.8, 4) is 0 Å². The molecule has 2 aromatic heterocycles. The highest BCUT2D eigenvalue weighted by molar-refractivity contribution is 7.99. The van der Waals surface area contributed by atoms with Crippen molar-refractivity contribution in [2.75, 3.05) is 11.5 Å². The summed E-state index contributed by atoms with van der Waals surface area (Å²) in [6, 6.07) is 3.27. The number of aromatic carboxylic acids is 1. The molecule has 0 saturated carbocycles. The van der Waals surface area contributed by atoms with Crippen molar-refractivity contribution in [1.82, 2.24) is 14.6 Å². The second-order valence-corrected chi connectivity index (χ2v) is 5.62. The van der Waals surface area contributed by atoms with Gasteiger partial charge in [-0.1, -0.05) is 0 Å².